The first-order chi connectivity index (χ1) is 8.29. The van der Waals surface area contributed by atoms with E-state index >= 15 is 0 Å². The number of amides is 1. The van der Waals surface area contributed by atoms with Crippen molar-refractivity contribution < 1.29 is 22.8 Å². The highest BCUT2D eigenvalue weighted by Crippen LogP contribution is 2.32. The fourth-order valence-electron chi connectivity index (χ4n) is 1.73. The van der Waals surface area contributed by atoms with Crippen LogP contribution < -0.4 is 4.90 Å². The van der Waals surface area contributed by atoms with Gasteiger partial charge in [-0.2, -0.15) is 13.2 Å². The van der Waals surface area contributed by atoms with Crippen molar-refractivity contribution in [3.63, 3.8) is 0 Å². The molecule has 0 radical (unpaired) electrons. The second-order valence-corrected chi connectivity index (χ2v) is 4.73. The van der Waals surface area contributed by atoms with Crippen molar-refractivity contribution in [2.75, 3.05) is 11.4 Å². The molecule has 1 aliphatic heterocycles. The van der Waals surface area contributed by atoms with Gasteiger partial charge in [0.15, 0.2) is 0 Å². The van der Waals surface area contributed by atoms with E-state index in [9.17, 15) is 22.8 Å². The zero-order valence-corrected chi connectivity index (χ0v) is 10.5. The number of hydrogen-bond acceptors (Lipinski definition) is 2. The van der Waals surface area contributed by atoms with E-state index in [0.717, 1.165) is 4.90 Å². The molecule has 0 saturated carbocycles. The van der Waals surface area contributed by atoms with Crippen LogP contribution in [0.5, 0.6) is 0 Å². The van der Waals surface area contributed by atoms with Crippen LogP contribution in [0.25, 0.3) is 0 Å². The Bertz CT molecular complexity index is 528. The summed E-state index contributed by atoms with van der Waals surface area (Å²) in [5.74, 6) is -1.68. The minimum atomic E-state index is -4.36. The number of Topliss-reactive ketones (excluding diaryl/α,β-unsaturated/α-hetero) is 1. The summed E-state index contributed by atoms with van der Waals surface area (Å²) < 4.78 is 37.0. The Balaban J connectivity index is 2.29. The number of hydrogen-bond donors (Lipinski definition) is 0. The van der Waals surface area contributed by atoms with Crippen molar-refractivity contribution in [1.82, 2.24) is 0 Å². The highest BCUT2D eigenvalue weighted by Gasteiger charge is 2.38. The Morgan fingerprint density at radius 2 is 1.89 bits per heavy atom. The minimum Gasteiger partial charge on any atom is -0.304 e. The lowest BCUT2D eigenvalue weighted by atomic mass is 10.1. The maximum Gasteiger partial charge on any atom is 0.390 e. The molecule has 0 spiro atoms. The number of rotatable bonds is 2. The lowest BCUT2D eigenvalue weighted by Crippen LogP contribution is -2.33. The second kappa shape index (κ2) is 4.38. The fraction of sp³-hybridized carbons (Fsp3) is 0.273. The van der Waals surface area contributed by atoms with Gasteiger partial charge >= 0.3 is 6.18 Å². The Kier molecular flexibility index (Phi) is 3.18. The Morgan fingerprint density at radius 1 is 1.22 bits per heavy atom. The van der Waals surface area contributed by atoms with Crippen LogP contribution in [0.2, 0.25) is 0 Å². The van der Waals surface area contributed by atoms with Gasteiger partial charge in [-0.3, -0.25) is 9.59 Å². The Morgan fingerprint density at radius 3 is 2.50 bits per heavy atom. The zero-order chi connectivity index (χ0) is 13.5. The van der Waals surface area contributed by atoms with Gasteiger partial charge in [0.25, 0.3) is 11.7 Å². The van der Waals surface area contributed by atoms with Crippen molar-refractivity contribution in [3.05, 3.63) is 28.2 Å². The van der Waals surface area contributed by atoms with E-state index in [1.54, 1.807) is 6.07 Å². The molecule has 96 valence electrons. The number of ketones is 1. The number of anilines is 1. The summed E-state index contributed by atoms with van der Waals surface area (Å²) >= 11 is 3.14. The van der Waals surface area contributed by atoms with Crippen LogP contribution in [0.4, 0.5) is 18.9 Å². The number of carbonyl (C=O) groups excluding carboxylic acids is 2. The third kappa shape index (κ3) is 2.40. The summed E-state index contributed by atoms with van der Waals surface area (Å²) in [5.41, 5.74) is 0.369. The van der Waals surface area contributed by atoms with Gasteiger partial charge in [0.2, 0.25) is 0 Å². The zero-order valence-electron chi connectivity index (χ0n) is 8.92. The highest BCUT2D eigenvalue weighted by molar-refractivity contribution is 9.10. The topological polar surface area (TPSA) is 37.4 Å². The van der Waals surface area contributed by atoms with Gasteiger partial charge in [0.05, 0.1) is 17.7 Å². The molecule has 1 amide bonds. The molecule has 3 nitrogen and oxygen atoms in total. The molecule has 0 aromatic heterocycles. The van der Waals surface area contributed by atoms with Gasteiger partial charge < -0.3 is 4.90 Å². The third-order valence-electron chi connectivity index (χ3n) is 2.55. The average Bonchev–Trinajstić information content (AvgIpc) is 2.49. The minimum absolute atomic E-state index is 0.136. The molecule has 2 rings (SSSR count). The Hall–Kier alpha value is -1.37. The summed E-state index contributed by atoms with van der Waals surface area (Å²) in [5, 5.41) is 0. The number of alkyl halides is 3. The molecule has 0 unspecified atom stereocenters. The van der Waals surface area contributed by atoms with Crippen LogP contribution in [0, 0.1) is 0 Å². The van der Waals surface area contributed by atoms with Crippen LogP contribution >= 0.6 is 15.9 Å². The van der Waals surface area contributed by atoms with E-state index in [1.165, 1.54) is 12.1 Å². The highest BCUT2D eigenvalue weighted by atomic mass is 79.9. The van der Waals surface area contributed by atoms with Crippen LogP contribution in [-0.4, -0.2) is 24.4 Å². The van der Waals surface area contributed by atoms with Gasteiger partial charge in [-0.25, -0.2) is 0 Å². The number of carbonyl (C=O) groups is 2. The molecule has 1 aromatic carbocycles. The molecule has 0 saturated heterocycles. The van der Waals surface area contributed by atoms with Crippen LogP contribution in [0.15, 0.2) is 22.7 Å². The molecule has 1 heterocycles. The van der Waals surface area contributed by atoms with Crippen molar-refractivity contribution in [1.29, 1.82) is 0 Å². The van der Waals surface area contributed by atoms with E-state index in [-0.39, 0.29) is 11.3 Å². The molecule has 0 aliphatic carbocycles. The molecule has 0 N–H and O–H groups in total. The van der Waals surface area contributed by atoms with Crippen LogP contribution in [0.3, 0.4) is 0 Å². The fourth-order valence-corrected chi connectivity index (χ4v) is 2.09. The molecule has 0 fully saturated rings. The van der Waals surface area contributed by atoms with Crippen molar-refractivity contribution in [2.45, 2.75) is 12.6 Å². The molecule has 18 heavy (non-hydrogen) atoms. The van der Waals surface area contributed by atoms with Crippen LogP contribution in [-0.2, 0) is 4.79 Å². The smallest absolute Gasteiger partial charge is 0.304 e. The Labute approximate surface area is 109 Å². The average molecular weight is 322 g/mol. The summed E-state index contributed by atoms with van der Waals surface area (Å²) in [6.45, 7) is -0.539. The van der Waals surface area contributed by atoms with Gasteiger partial charge in [0.1, 0.15) is 0 Å². The van der Waals surface area contributed by atoms with E-state index in [1.807, 2.05) is 0 Å². The first-order valence-corrected chi connectivity index (χ1v) is 5.81. The third-order valence-corrected chi connectivity index (χ3v) is 3.05. The molecule has 0 bridgehead atoms. The first-order valence-electron chi connectivity index (χ1n) is 5.02. The molecule has 7 heteroatoms. The molecular formula is C11H7BrF3NO2. The molecular weight excluding hydrogens is 315 g/mol. The van der Waals surface area contributed by atoms with E-state index in [0.29, 0.717) is 4.47 Å². The largest absolute Gasteiger partial charge is 0.390 e. The maximum absolute atomic E-state index is 12.1. The second-order valence-electron chi connectivity index (χ2n) is 3.81. The SMILES string of the molecule is O=C1C(=O)N(CCC(F)(F)F)c2ccc(Br)cc21. The van der Waals surface area contributed by atoms with Gasteiger partial charge in [0, 0.05) is 11.0 Å². The maximum atomic E-state index is 12.1. The first kappa shape index (κ1) is 13.1. The standard InChI is InChI=1S/C11H7BrF3NO2/c12-6-1-2-8-7(5-6)9(17)10(18)16(8)4-3-11(13,14)15/h1-2,5H,3-4H2. The van der Waals surface area contributed by atoms with Gasteiger partial charge in [-0.1, -0.05) is 15.9 Å². The monoisotopic (exact) mass is 321 g/mol. The lowest BCUT2D eigenvalue weighted by molar-refractivity contribution is -0.133. The number of benzene rings is 1. The van der Waals surface area contributed by atoms with Gasteiger partial charge in [-0.15, -0.1) is 0 Å². The molecule has 1 aliphatic rings. The summed E-state index contributed by atoms with van der Waals surface area (Å²) in [6.07, 6.45) is -5.50. The molecule has 0 atom stereocenters. The quantitative estimate of drug-likeness (QED) is 0.785. The van der Waals surface area contributed by atoms with Gasteiger partial charge in [-0.05, 0) is 18.2 Å². The van der Waals surface area contributed by atoms with Crippen molar-refractivity contribution >= 4 is 33.3 Å². The van der Waals surface area contributed by atoms with Crippen LogP contribution in [0.1, 0.15) is 16.8 Å². The normalized spacial score (nSPS) is 15.2. The lowest BCUT2D eigenvalue weighted by Gasteiger charge is -2.17. The molecule has 1 aromatic rings. The number of nitrogens with zero attached hydrogens (tertiary/aromatic N) is 1. The summed E-state index contributed by atoms with van der Waals surface area (Å²) in [4.78, 5) is 24.0. The van der Waals surface area contributed by atoms with Crippen molar-refractivity contribution in [2.24, 2.45) is 0 Å². The summed E-state index contributed by atoms with van der Waals surface area (Å²) in [6, 6.07) is 4.47. The number of halogens is 4. The predicted molar refractivity (Wildman–Crippen MR) is 61.5 cm³/mol. The van der Waals surface area contributed by atoms with E-state index in [2.05, 4.69) is 15.9 Å². The van der Waals surface area contributed by atoms with E-state index < -0.39 is 30.8 Å². The predicted octanol–water partition coefficient (Wildman–Crippen LogP) is 2.93. The van der Waals surface area contributed by atoms with E-state index in [4.69, 9.17) is 0 Å². The van der Waals surface area contributed by atoms with Crippen molar-refractivity contribution in [3.8, 4) is 0 Å². The summed E-state index contributed by atoms with van der Waals surface area (Å²) in [7, 11) is 0. The number of fused-ring (bicyclic) bond motifs is 1.